The molecular weight excluding hydrogens is 1200 g/mol. The van der Waals surface area contributed by atoms with Crippen molar-refractivity contribution in [2.75, 3.05) is 20.1 Å². The molecule has 0 aliphatic heterocycles. The number of urea groups is 1. The predicted octanol–water partition coefficient (Wildman–Crippen LogP) is -0.477. The maximum atomic E-state index is 14.5. The molecule has 0 saturated carbocycles. The first-order valence-electron chi connectivity index (χ1n) is 30.5. The number of rotatable bonds is 33. The Morgan fingerprint density at radius 3 is 1.55 bits per heavy atom. The maximum absolute atomic E-state index is 14.5. The standard InChI is InChI=1S/C64H85N17O12/c1-35(2)28-50(58(88)73-47(20-13-27-69-63(67)68-5)56(86)75-49(55(66)85)31-40-33-70-45-18-11-9-16-43(40)45)78-64(93)81-80-61(91)52(29-38-14-7-6-8-15-38)77-62(92)54(36(3)82)79-57(87)48(25-26-65)74-60(90)53(32-41-34-71-46-19-12-10-17-44(41)46)76-59(89)51(72-37(4)83)30-39-21-23-42(84)24-22-39/h6-12,14-19,21-24,33-36,47-54,70-71,82,84H,13,20,25-32,65H2,1-5H3,(H2,66,85)(H,72,83)(H,73,88)(H,74,90)(H,75,86)(H,76,89)(H,77,92)(H,79,87)(H,80,91)(H3,67,68,69)(H2,78,81,93)/t36-,47+,48+,49+,50+,51-,52+,53-,54+/m1/s1. The first kappa shape index (κ1) is 71.5. The van der Waals surface area contributed by atoms with Crippen LogP contribution in [0.15, 0.2) is 116 Å². The number of primary amides is 1. The van der Waals surface area contributed by atoms with Crippen molar-refractivity contribution in [1.29, 1.82) is 5.41 Å². The van der Waals surface area contributed by atoms with E-state index >= 15 is 0 Å². The second-order valence-corrected chi connectivity index (χ2v) is 22.9. The van der Waals surface area contributed by atoms with Crippen LogP contribution in [0.3, 0.4) is 0 Å². The van der Waals surface area contributed by atoms with E-state index in [4.69, 9.17) is 16.9 Å². The van der Waals surface area contributed by atoms with Crippen LogP contribution in [-0.2, 0) is 68.8 Å². The zero-order valence-corrected chi connectivity index (χ0v) is 52.4. The van der Waals surface area contributed by atoms with Gasteiger partial charge in [-0.05, 0) is 91.6 Å². The number of H-pyrrole nitrogens is 2. The number of nitrogens with two attached hydrogens (primary N) is 2. The molecule has 0 spiro atoms. The number of aliphatic hydroxyl groups is 1. The fourth-order valence-electron chi connectivity index (χ4n) is 10.3. The molecular formula is C64H85N17O12. The molecule has 0 aliphatic rings. The van der Waals surface area contributed by atoms with Crippen LogP contribution in [0, 0.1) is 11.3 Å². The van der Waals surface area contributed by atoms with E-state index in [1.165, 1.54) is 26.0 Å². The van der Waals surface area contributed by atoms with Gasteiger partial charge in [0, 0.05) is 80.4 Å². The van der Waals surface area contributed by atoms with Crippen LogP contribution in [0.5, 0.6) is 5.75 Å². The average molecular weight is 1280 g/mol. The van der Waals surface area contributed by atoms with Crippen molar-refractivity contribution in [2.45, 2.75) is 134 Å². The highest BCUT2D eigenvalue weighted by Gasteiger charge is 2.36. The van der Waals surface area contributed by atoms with Crippen LogP contribution < -0.4 is 75.5 Å². The molecule has 498 valence electrons. The number of guanidine groups is 1. The third-order valence-corrected chi connectivity index (χ3v) is 15.1. The number of aromatic hydroxyl groups is 1. The quantitative estimate of drug-likeness (QED) is 0.0107. The number of phenolic OH excluding ortho intramolecular Hbond substituents is 1. The Hall–Kier alpha value is -10.6. The molecule has 0 saturated heterocycles. The van der Waals surface area contributed by atoms with Crippen molar-refractivity contribution >= 4 is 87.0 Å². The van der Waals surface area contributed by atoms with Gasteiger partial charge in [-0.15, -0.1) is 0 Å². The lowest BCUT2D eigenvalue weighted by atomic mass is 10.0. The van der Waals surface area contributed by atoms with Crippen molar-refractivity contribution in [3.05, 3.63) is 138 Å². The Morgan fingerprint density at radius 2 is 1.00 bits per heavy atom. The Bertz CT molecular complexity index is 3560. The zero-order valence-electron chi connectivity index (χ0n) is 52.4. The average Bonchev–Trinajstić information content (AvgIpc) is 1.84. The van der Waals surface area contributed by atoms with Gasteiger partial charge in [-0.1, -0.05) is 92.7 Å². The highest BCUT2D eigenvalue weighted by molar-refractivity contribution is 5.98. The van der Waals surface area contributed by atoms with E-state index < -0.39 is 114 Å². The highest BCUT2D eigenvalue weighted by Crippen LogP contribution is 2.22. The lowest BCUT2D eigenvalue weighted by Gasteiger charge is -2.28. The second kappa shape index (κ2) is 35.2. The van der Waals surface area contributed by atoms with Crippen molar-refractivity contribution in [3.63, 3.8) is 0 Å². The van der Waals surface area contributed by atoms with Crippen LogP contribution in [-0.4, -0.2) is 160 Å². The Labute approximate surface area is 537 Å². The SMILES string of the molecule is CNC(=N)NCCC[C@H](NC(=O)[C@H](CC(C)C)NC(=O)NNC(=O)[C@H](Cc1ccccc1)NC(=O)[C@@H](NC(=O)[C@H](CCN)NC(=O)[C@@H](Cc1c[nH]c2ccccc12)NC(=O)[C@@H](Cc1ccc(O)cc1)NC(C)=O)[C@@H](C)O)C(=O)N[C@@H](Cc1c[nH]c2ccccc12)C(N)=O. The van der Waals surface area contributed by atoms with Crippen LogP contribution >= 0.6 is 0 Å². The molecule has 6 aromatic rings. The number of carbonyl (C=O) groups excluding carboxylic acids is 10. The van der Waals surface area contributed by atoms with Gasteiger partial charge in [0.05, 0.1) is 6.10 Å². The first-order valence-corrected chi connectivity index (χ1v) is 30.5. The summed E-state index contributed by atoms with van der Waals surface area (Å²) in [6.07, 6.45) is 1.54. The minimum absolute atomic E-state index is 0.0127. The fourth-order valence-corrected chi connectivity index (χ4v) is 10.3. The number of hydrazine groups is 1. The molecule has 0 radical (unpaired) electrons. The summed E-state index contributed by atoms with van der Waals surface area (Å²) in [5.74, 6) is -7.77. The van der Waals surface area contributed by atoms with Crippen LogP contribution in [0.25, 0.3) is 21.8 Å². The molecule has 0 fully saturated rings. The lowest BCUT2D eigenvalue weighted by molar-refractivity contribution is -0.136. The molecule has 93 heavy (non-hydrogen) atoms. The summed E-state index contributed by atoms with van der Waals surface area (Å²) < 4.78 is 0. The Balaban J connectivity index is 1.14. The van der Waals surface area contributed by atoms with Gasteiger partial charge in [0.15, 0.2) is 5.96 Å². The van der Waals surface area contributed by atoms with Gasteiger partial charge in [0.25, 0.3) is 5.91 Å². The van der Waals surface area contributed by atoms with Crippen molar-refractivity contribution < 1.29 is 58.2 Å². The number of phenols is 1. The molecule has 4 aromatic carbocycles. The lowest BCUT2D eigenvalue weighted by Crippen LogP contribution is -2.62. The van der Waals surface area contributed by atoms with E-state index in [9.17, 15) is 58.2 Å². The van der Waals surface area contributed by atoms with Crippen LogP contribution in [0.4, 0.5) is 4.79 Å². The predicted molar refractivity (Wildman–Crippen MR) is 347 cm³/mol. The number of carbonyl (C=O) groups is 10. The molecule has 2 aromatic heterocycles. The van der Waals surface area contributed by atoms with Crippen molar-refractivity contribution in [2.24, 2.45) is 17.4 Å². The van der Waals surface area contributed by atoms with E-state index in [1.807, 2.05) is 42.5 Å². The van der Waals surface area contributed by atoms with E-state index in [0.29, 0.717) is 22.3 Å². The summed E-state index contributed by atoms with van der Waals surface area (Å²) >= 11 is 0. The summed E-state index contributed by atoms with van der Waals surface area (Å²) in [6, 6.07) is 16.8. The molecule has 9 atom stereocenters. The molecule has 21 N–H and O–H groups in total. The largest absolute Gasteiger partial charge is 0.508 e. The molecule has 0 unspecified atom stereocenters. The highest BCUT2D eigenvalue weighted by atomic mass is 16.3. The van der Waals surface area contributed by atoms with Crippen molar-refractivity contribution in [1.82, 2.24) is 74.0 Å². The number of para-hydroxylation sites is 2. The van der Waals surface area contributed by atoms with Crippen molar-refractivity contribution in [3.8, 4) is 5.75 Å². The summed E-state index contributed by atoms with van der Waals surface area (Å²) in [4.78, 5) is 145. The van der Waals surface area contributed by atoms with Gasteiger partial charge in [-0.2, -0.15) is 0 Å². The van der Waals surface area contributed by atoms with Crippen LogP contribution in [0.1, 0.15) is 75.6 Å². The van der Waals surface area contributed by atoms with E-state index in [0.717, 1.165) is 21.8 Å². The van der Waals surface area contributed by atoms with Gasteiger partial charge in [-0.3, -0.25) is 54.0 Å². The zero-order chi connectivity index (χ0) is 67.7. The van der Waals surface area contributed by atoms with E-state index in [1.54, 1.807) is 81.8 Å². The number of hydrogen-bond donors (Lipinski definition) is 19. The van der Waals surface area contributed by atoms with Gasteiger partial charge >= 0.3 is 6.03 Å². The third kappa shape index (κ3) is 22.1. The minimum Gasteiger partial charge on any atom is -0.508 e. The number of fused-ring (bicyclic) bond motifs is 2. The maximum Gasteiger partial charge on any atom is 0.334 e. The Kier molecular flexibility index (Phi) is 27.0. The second-order valence-electron chi connectivity index (χ2n) is 22.9. The normalized spacial score (nSPS) is 14.0. The van der Waals surface area contributed by atoms with Gasteiger partial charge in [-0.25, -0.2) is 10.2 Å². The monoisotopic (exact) mass is 1280 g/mol. The van der Waals surface area contributed by atoms with Gasteiger partial charge in [0.1, 0.15) is 54.1 Å². The summed E-state index contributed by atoms with van der Waals surface area (Å²) in [5, 5.41) is 56.7. The molecule has 29 nitrogen and oxygen atoms in total. The Morgan fingerprint density at radius 1 is 0.527 bits per heavy atom. The molecule has 2 heterocycles. The number of hydrogen-bond acceptors (Lipinski definition) is 14. The topological polar surface area (TPSA) is 463 Å². The number of aromatic amines is 2. The molecule has 0 aliphatic carbocycles. The van der Waals surface area contributed by atoms with E-state index in [2.05, 4.69) is 74.0 Å². The molecule has 6 rings (SSSR count). The summed E-state index contributed by atoms with van der Waals surface area (Å²) in [5.41, 5.74) is 20.2. The summed E-state index contributed by atoms with van der Waals surface area (Å²) in [7, 11) is 1.55. The third-order valence-electron chi connectivity index (χ3n) is 15.1. The van der Waals surface area contributed by atoms with E-state index in [-0.39, 0.29) is 82.1 Å². The molecule has 0 bridgehead atoms. The number of amides is 11. The number of benzene rings is 4. The molecule has 11 amide bonds. The number of aliphatic hydroxyl groups excluding tert-OH is 1. The molecule has 29 heteroatoms. The first-order chi connectivity index (χ1) is 44.4. The fraction of sp³-hybridized carbons (Fsp3) is 0.391. The smallest absolute Gasteiger partial charge is 0.334 e. The number of nitrogens with one attached hydrogen (secondary N) is 15. The number of aromatic nitrogens is 2. The summed E-state index contributed by atoms with van der Waals surface area (Å²) in [6.45, 7) is 6.04. The van der Waals surface area contributed by atoms with Gasteiger partial charge in [0.2, 0.25) is 47.3 Å². The minimum atomic E-state index is -1.78. The van der Waals surface area contributed by atoms with Gasteiger partial charge < -0.3 is 84.8 Å². The van der Waals surface area contributed by atoms with Crippen LogP contribution in [0.2, 0.25) is 0 Å².